The van der Waals surface area contributed by atoms with Crippen LogP contribution in [0.5, 0.6) is 0 Å². The Kier molecular flexibility index (Phi) is 8.52. The van der Waals surface area contributed by atoms with Gasteiger partial charge in [-0.3, -0.25) is 5.32 Å². The van der Waals surface area contributed by atoms with Crippen LogP contribution in [-0.2, 0) is 15.4 Å². The zero-order valence-corrected chi connectivity index (χ0v) is 20.7. The molecule has 11 nitrogen and oxygen atoms in total. The van der Waals surface area contributed by atoms with E-state index in [2.05, 4.69) is 10.5 Å². The van der Waals surface area contributed by atoms with Crippen molar-refractivity contribution in [1.82, 2.24) is 24.2 Å². The molecule has 0 atom stereocenters. The van der Waals surface area contributed by atoms with Gasteiger partial charge in [0.1, 0.15) is 5.76 Å². The molecule has 2 rings (SSSR count). The summed E-state index contributed by atoms with van der Waals surface area (Å²) in [5.41, 5.74) is -0.207. The normalized spacial score (nSPS) is 15.6. The summed E-state index contributed by atoms with van der Waals surface area (Å²) in [4.78, 5) is 30.3. The molecule has 1 aromatic rings. The number of nitrogens with zero attached hydrogens (tertiary/aromatic N) is 5. The number of nitrogens with one attached hydrogen (secondary N) is 1. The van der Waals surface area contributed by atoms with Gasteiger partial charge in [-0.1, -0.05) is 32.9 Å². The van der Waals surface area contributed by atoms with Crippen LogP contribution in [0.3, 0.4) is 0 Å². The zero-order valence-electron chi connectivity index (χ0n) is 19.9. The van der Waals surface area contributed by atoms with Crippen LogP contribution in [0.4, 0.5) is 15.4 Å². The minimum atomic E-state index is -3.30. The van der Waals surface area contributed by atoms with E-state index in [4.69, 9.17) is 4.52 Å². The van der Waals surface area contributed by atoms with Crippen LogP contribution in [0.15, 0.2) is 10.6 Å². The van der Waals surface area contributed by atoms with Crippen molar-refractivity contribution >= 4 is 27.9 Å². The van der Waals surface area contributed by atoms with Crippen molar-refractivity contribution in [3.63, 3.8) is 0 Å². The van der Waals surface area contributed by atoms with Gasteiger partial charge >= 0.3 is 12.1 Å². The van der Waals surface area contributed by atoms with Gasteiger partial charge in [-0.05, 0) is 6.42 Å². The predicted octanol–water partition coefficient (Wildman–Crippen LogP) is 1.85. The average molecular weight is 473 g/mol. The molecule has 1 aromatic heterocycles. The Bertz CT molecular complexity index is 895. The standard InChI is InChI=1S/C20H36N6O5S/c1-7-26(32(6,29)30)14-11-23(5)19(28)25-10-8-9-24(12-13-25)18(27)21-17-15-16(31-22-17)20(2,3)4/h15H,7-14H2,1-6H3,(H,21,22,27). The lowest BCUT2D eigenvalue weighted by Gasteiger charge is -2.28. The molecule has 0 aromatic carbocycles. The van der Waals surface area contributed by atoms with Crippen molar-refractivity contribution < 1.29 is 22.5 Å². The Hall–Kier alpha value is -2.34. The maximum atomic E-state index is 12.8. The minimum absolute atomic E-state index is 0.178. The van der Waals surface area contributed by atoms with Crippen LogP contribution in [0.2, 0.25) is 0 Å². The number of aromatic nitrogens is 1. The lowest BCUT2D eigenvalue weighted by Crippen LogP contribution is -2.46. The first-order chi connectivity index (χ1) is 14.8. The predicted molar refractivity (Wildman–Crippen MR) is 122 cm³/mol. The molecule has 32 heavy (non-hydrogen) atoms. The van der Waals surface area contributed by atoms with Crippen molar-refractivity contribution in [2.45, 2.75) is 39.5 Å². The van der Waals surface area contributed by atoms with Gasteiger partial charge in [0.15, 0.2) is 5.82 Å². The van der Waals surface area contributed by atoms with Gasteiger partial charge in [0.2, 0.25) is 10.0 Å². The first-order valence-corrected chi connectivity index (χ1v) is 12.7. The Morgan fingerprint density at radius 3 is 2.34 bits per heavy atom. The highest BCUT2D eigenvalue weighted by molar-refractivity contribution is 7.88. The second-order valence-corrected chi connectivity index (χ2v) is 11.0. The summed E-state index contributed by atoms with van der Waals surface area (Å²) in [5.74, 6) is 1.05. The fraction of sp³-hybridized carbons (Fsp3) is 0.750. The summed E-state index contributed by atoms with van der Waals surface area (Å²) in [5, 5.41) is 6.67. The molecule has 0 unspecified atom stereocenters. The summed E-state index contributed by atoms with van der Waals surface area (Å²) in [6.07, 6.45) is 1.80. The third-order valence-corrected chi connectivity index (χ3v) is 6.75. The van der Waals surface area contributed by atoms with Crippen LogP contribution >= 0.6 is 0 Å². The maximum absolute atomic E-state index is 12.8. The van der Waals surface area contributed by atoms with Crippen molar-refractivity contribution in [3.8, 4) is 0 Å². The van der Waals surface area contributed by atoms with Gasteiger partial charge in [0, 0.05) is 64.3 Å². The second kappa shape index (κ2) is 10.5. The summed E-state index contributed by atoms with van der Waals surface area (Å²) in [6.45, 7) is 10.5. The summed E-state index contributed by atoms with van der Waals surface area (Å²) in [6, 6.07) is 1.26. The fourth-order valence-electron chi connectivity index (χ4n) is 3.35. The third kappa shape index (κ3) is 7.09. The SMILES string of the molecule is CCN(CCN(C)C(=O)N1CCCN(C(=O)Nc2cc(C(C)(C)C)on2)CC1)S(C)(=O)=O. The lowest BCUT2D eigenvalue weighted by atomic mass is 9.93. The quantitative estimate of drug-likeness (QED) is 0.675. The highest BCUT2D eigenvalue weighted by Gasteiger charge is 2.26. The van der Waals surface area contributed by atoms with Gasteiger partial charge in [0.05, 0.1) is 6.26 Å². The van der Waals surface area contributed by atoms with E-state index < -0.39 is 10.0 Å². The van der Waals surface area contributed by atoms with E-state index in [0.29, 0.717) is 57.3 Å². The maximum Gasteiger partial charge on any atom is 0.323 e. The van der Waals surface area contributed by atoms with Crippen LogP contribution in [0.25, 0.3) is 0 Å². The number of carbonyl (C=O) groups excluding carboxylic acids is 2. The van der Waals surface area contributed by atoms with E-state index >= 15 is 0 Å². The Morgan fingerprint density at radius 1 is 1.16 bits per heavy atom. The molecule has 1 aliphatic rings. The molecule has 0 aliphatic carbocycles. The second-order valence-electron chi connectivity index (χ2n) is 9.04. The Balaban J connectivity index is 1.88. The van der Waals surface area contributed by atoms with Crippen LogP contribution in [0.1, 0.15) is 39.9 Å². The highest BCUT2D eigenvalue weighted by atomic mass is 32.2. The van der Waals surface area contributed by atoms with Crippen molar-refractivity contribution in [2.75, 3.05) is 64.4 Å². The van der Waals surface area contributed by atoms with E-state index in [9.17, 15) is 18.0 Å². The highest BCUT2D eigenvalue weighted by Crippen LogP contribution is 2.24. The molecule has 1 N–H and O–H groups in total. The molecule has 1 saturated heterocycles. The fourth-order valence-corrected chi connectivity index (χ4v) is 4.23. The van der Waals surface area contributed by atoms with E-state index in [-0.39, 0.29) is 24.0 Å². The number of likely N-dealkylation sites (N-methyl/N-ethyl adjacent to an activating group) is 2. The van der Waals surface area contributed by atoms with Crippen molar-refractivity contribution in [3.05, 3.63) is 11.8 Å². The molecule has 0 saturated carbocycles. The van der Waals surface area contributed by atoms with Gasteiger partial charge in [-0.15, -0.1) is 0 Å². The van der Waals surface area contributed by atoms with Crippen LogP contribution in [0, 0.1) is 0 Å². The molecule has 4 amide bonds. The molecular formula is C20H36N6O5S. The molecule has 0 bridgehead atoms. The van der Waals surface area contributed by atoms with Gasteiger partial charge < -0.3 is 19.2 Å². The molecule has 2 heterocycles. The largest absolute Gasteiger partial charge is 0.359 e. The summed E-state index contributed by atoms with van der Waals surface area (Å²) < 4.78 is 30.1. The summed E-state index contributed by atoms with van der Waals surface area (Å²) in [7, 11) is -1.64. The van der Waals surface area contributed by atoms with Crippen molar-refractivity contribution in [2.24, 2.45) is 0 Å². The molecule has 12 heteroatoms. The number of sulfonamides is 1. The first-order valence-electron chi connectivity index (χ1n) is 10.8. The number of hydrogen-bond donors (Lipinski definition) is 1. The van der Waals surface area contributed by atoms with Gasteiger partial charge in [0.25, 0.3) is 0 Å². The third-order valence-electron chi connectivity index (χ3n) is 5.37. The Morgan fingerprint density at radius 2 is 1.78 bits per heavy atom. The number of anilines is 1. The number of rotatable bonds is 6. The van der Waals surface area contributed by atoms with E-state index in [0.717, 1.165) is 6.26 Å². The van der Waals surface area contributed by atoms with E-state index in [1.165, 1.54) is 9.21 Å². The lowest BCUT2D eigenvalue weighted by molar-refractivity contribution is 0.161. The van der Waals surface area contributed by atoms with E-state index in [1.54, 1.807) is 29.8 Å². The molecule has 182 valence electrons. The monoisotopic (exact) mass is 472 g/mol. The number of amides is 4. The average Bonchev–Trinajstić information content (AvgIpc) is 3.02. The van der Waals surface area contributed by atoms with Gasteiger partial charge in [-0.2, -0.15) is 0 Å². The number of carbonyl (C=O) groups is 2. The van der Waals surface area contributed by atoms with Crippen LogP contribution in [-0.4, -0.2) is 104 Å². The first kappa shape index (κ1) is 25.9. The molecule has 0 radical (unpaired) electrons. The molecule has 1 fully saturated rings. The Labute approximate surface area is 190 Å². The number of urea groups is 2. The van der Waals surface area contributed by atoms with E-state index in [1.807, 2.05) is 20.8 Å². The zero-order chi connectivity index (χ0) is 24.1. The summed E-state index contributed by atoms with van der Waals surface area (Å²) >= 11 is 0. The minimum Gasteiger partial charge on any atom is -0.359 e. The van der Waals surface area contributed by atoms with Gasteiger partial charge in [-0.25, -0.2) is 22.3 Å². The van der Waals surface area contributed by atoms with Crippen LogP contribution < -0.4 is 5.32 Å². The molecule has 0 spiro atoms. The number of hydrogen-bond acceptors (Lipinski definition) is 6. The molecular weight excluding hydrogens is 436 g/mol. The topological polar surface area (TPSA) is 119 Å². The molecule has 1 aliphatic heterocycles. The van der Waals surface area contributed by atoms with Crippen molar-refractivity contribution in [1.29, 1.82) is 0 Å². The smallest absolute Gasteiger partial charge is 0.323 e.